The lowest BCUT2D eigenvalue weighted by molar-refractivity contribution is 0.577. The molecule has 0 aliphatic carbocycles. The molecular weight excluding hydrogens is 162 g/mol. The third-order valence-corrected chi connectivity index (χ3v) is 1.94. The number of hydrogen-bond donors (Lipinski definition) is 0. The molecule has 0 N–H and O–H groups in total. The fourth-order valence-electron chi connectivity index (χ4n) is 0.721. The third kappa shape index (κ3) is 1.40. The summed E-state index contributed by atoms with van der Waals surface area (Å²) in [5.41, 5.74) is 1.78. The molecule has 2 rings (SSSR count). The van der Waals surface area contributed by atoms with Crippen LogP contribution in [0, 0.1) is 0 Å². The fourth-order valence-corrected chi connectivity index (χ4v) is 1.29. The minimum atomic E-state index is 0.657. The van der Waals surface area contributed by atoms with E-state index in [1.165, 1.54) is 11.1 Å². The number of thiazole rings is 1. The van der Waals surface area contributed by atoms with Crippen molar-refractivity contribution in [1.82, 2.24) is 25.2 Å². The molecule has 2 aromatic heterocycles. The van der Waals surface area contributed by atoms with Crippen LogP contribution in [-0.2, 0) is 6.54 Å². The molecule has 0 aliphatic heterocycles. The Labute approximate surface area is 66.7 Å². The molecule has 56 valence electrons. The Hall–Kier alpha value is -1.30. The maximum absolute atomic E-state index is 3.93. The van der Waals surface area contributed by atoms with E-state index in [2.05, 4.69) is 20.4 Å². The molecule has 0 spiro atoms. The quantitative estimate of drug-likeness (QED) is 0.640. The molecule has 0 unspecified atom stereocenters. The fraction of sp³-hybridized carbons (Fsp3) is 0.200. The topological polar surface area (TPSA) is 56.5 Å². The van der Waals surface area contributed by atoms with Gasteiger partial charge < -0.3 is 0 Å². The molecule has 0 radical (unpaired) electrons. The summed E-state index contributed by atoms with van der Waals surface area (Å²) < 4.78 is 0. The average molecular weight is 167 g/mol. The van der Waals surface area contributed by atoms with Crippen LogP contribution in [0.1, 0.15) is 4.88 Å². The molecule has 0 aliphatic rings. The van der Waals surface area contributed by atoms with E-state index in [0.29, 0.717) is 6.54 Å². The van der Waals surface area contributed by atoms with Gasteiger partial charge in [0.15, 0.2) is 6.33 Å². The van der Waals surface area contributed by atoms with Gasteiger partial charge in [-0.3, -0.25) is 4.98 Å². The van der Waals surface area contributed by atoms with E-state index in [1.54, 1.807) is 23.0 Å². The monoisotopic (exact) mass is 167 g/mol. The second-order valence-corrected chi connectivity index (χ2v) is 2.90. The second-order valence-electron chi connectivity index (χ2n) is 1.93. The molecule has 0 amide bonds. The zero-order valence-electron chi connectivity index (χ0n) is 5.58. The molecule has 2 heterocycles. The van der Waals surface area contributed by atoms with Crippen molar-refractivity contribution >= 4 is 11.3 Å². The first kappa shape index (κ1) is 6.41. The second kappa shape index (κ2) is 2.75. The van der Waals surface area contributed by atoms with Crippen molar-refractivity contribution in [3.63, 3.8) is 0 Å². The summed E-state index contributed by atoms with van der Waals surface area (Å²) in [5, 5.41) is 11.2. The average Bonchev–Trinajstić information content (AvgIpc) is 2.60. The molecule has 2 aromatic rings. The Bertz CT molecular complexity index is 267. The number of rotatable bonds is 2. The van der Waals surface area contributed by atoms with Gasteiger partial charge in [0.1, 0.15) is 0 Å². The number of hydrogen-bond acceptors (Lipinski definition) is 5. The molecule has 0 atom stereocenters. The van der Waals surface area contributed by atoms with Gasteiger partial charge in [-0.25, -0.2) is 0 Å². The standard InChI is InChI=1S/C5H5N5S/c1-5(11-4-6-1)2-10-8-3-7-9-10/h1,3-4H,2H2. The van der Waals surface area contributed by atoms with Crippen LogP contribution in [0.25, 0.3) is 0 Å². The summed E-state index contributed by atoms with van der Waals surface area (Å²) in [7, 11) is 0. The van der Waals surface area contributed by atoms with Crippen molar-refractivity contribution in [3.8, 4) is 0 Å². The Morgan fingerprint density at radius 3 is 3.18 bits per heavy atom. The summed E-state index contributed by atoms with van der Waals surface area (Å²) in [4.78, 5) is 6.58. The first-order valence-electron chi connectivity index (χ1n) is 3.03. The van der Waals surface area contributed by atoms with Crippen molar-refractivity contribution in [3.05, 3.63) is 22.9 Å². The minimum Gasteiger partial charge on any atom is -0.253 e. The van der Waals surface area contributed by atoms with E-state index < -0.39 is 0 Å². The van der Waals surface area contributed by atoms with Crippen LogP contribution in [-0.4, -0.2) is 25.2 Å². The molecule has 0 aromatic carbocycles. The van der Waals surface area contributed by atoms with Crippen LogP contribution in [0.3, 0.4) is 0 Å². The summed E-state index contributed by atoms with van der Waals surface area (Å²) >= 11 is 1.58. The maximum atomic E-state index is 3.93. The van der Waals surface area contributed by atoms with E-state index in [9.17, 15) is 0 Å². The van der Waals surface area contributed by atoms with Gasteiger partial charge in [-0.1, -0.05) is 0 Å². The Morgan fingerprint density at radius 2 is 2.55 bits per heavy atom. The van der Waals surface area contributed by atoms with Crippen LogP contribution >= 0.6 is 11.3 Å². The molecular formula is C5H5N5S. The van der Waals surface area contributed by atoms with E-state index in [4.69, 9.17) is 0 Å². The number of aromatic nitrogens is 5. The van der Waals surface area contributed by atoms with Crippen molar-refractivity contribution in [2.24, 2.45) is 0 Å². The SMILES string of the molecule is c1nnn(Cc2cncs2)n1. The van der Waals surface area contributed by atoms with E-state index in [-0.39, 0.29) is 0 Å². The highest BCUT2D eigenvalue weighted by molar-refractivity contribution is 7.09. The van der Waals surface area contributed by atoms with E-state index in [1.807, 2.05) is 0 Å². The van der Waals surface area contributed by atoms with Gasteiger partial charge in [-0.2, -0.15) is 4.80 Å². The molecule has 0 saturated carbocycles. The summed E-state index contributed by atoms with van der Waals surface area (Å²) in [5.74, 6) is 0. The normalized spacial score (nSPS) is 10.2. The lowest BCUT2D eigenvalue weighted by Crippen LogP contribution is -2.01. The third-order valence-electron chi connectivity index (χ3n) is 1.17. The summed E-state index contributed by atoms with van der Waals surface area (Å²) in [6.45, 7) is 0.657. The van der Waals surface area contributed by atoms with Gasteiger partial charge in [-0.15, -0.1) is 21.5 Å². The zero-order valence-corrected chi connectivity index (χ0v) is 6.40. The molecule has 0 saturated heterocycles. The summed E-state index contributed by atoms with van der Waals surface area (Å²) in [6, 6.07) is 0. The molecule has 0 bridgehead atoms. The highest BCUT2D eigenvalue weighted by Crippen LogP contribution is 2.05. The van der Waals surface area contributed by atoms with Crippen LogP contribution in [0.15, 0.2) is 18.0 Å². The first-order chi connectivity index (χ1) is 5.45. The van der Waals surface area contributed by atoms with E-state index >= 15 is 0 Å². The van der Waals surface area contributed by atoms with Crippen molar-refractivity contribution in [2.45, 2.75) is 6.54 Å². The van der Waals surface area contributed by atoms with Crippen molar-refractivity contribution in [2.75, 3.05) is 0 Å². The van der Waals surface area contributed by atoms with Crippen LogP contribution < -0.4 is 0 Å². The smallest absolute Gasteiger partial charge is 0.162 e. The first-order valence-corrected chi connectivity index (χ1v) is 3.91. The molecule has 0 fully saturated rings. The minimum absolute atomic E-state index is 0.657. The Kier molecular flexibility index (Phi) is 1.60. The lowest BCUT2D eigenvalue weighted by Gasteiger charge is -1.90. The van der Waals surface area contributed by atoms with Gasteiger partial charge in [0.25, 0.3) is 0 Å². The van der Waals surface area contributed by atoms with Crippen LogP contribution in [0.5, 0.6) is 0 Å². The molecule has 11 heavy (non-hydrogen) atoms. The van der Waals surface area contributed by atoms with Gasteiger partial charge in [0.2, 0.25) is 0 Å². The van der Waals surface area contributed by atoms with Gasteiger partial charge in [0, 0.05) is 11.1 Å². The largest absolute Gasteiger partial charge is 0.253 e. The van der Waals surface area contributed by atoms with Crippen LogP contribution in [0.2, 0.25) is 0 Å². The summed E-state index contributed by atoms with van der Waals surface area (Å²) in [6.07, 6.45) is 3.22. The lowest BCUT2D eigenvalue weighted by atomic mass is 10.6. The Morgan fingerprint density at radius 1 is 1.55 bits per heavy atom. The number of tetrazole rings is 1. The predicted octanol–water partition coefficient (Wildman–Crippen LogP) is 0.178. The highest BCUT2D eigenvalue weighted by atomic mass is 32.1. The van der Waals surface area contributed by atoms with E-state index in [0.717, 1.165) is 4.88 Å². The van der Waals surface area contributed by atoms with Gasteiger partial charge in [0.05, 0.1) is 12.1 Å². The Balaban J connectivity index is 2.14. The highest BCUT2D eigenvalue weighted by Gasteiger charge is 1.96. The predicted molar refractivity (Wildman–Crippen MR) is 39.0 cm³/mol. The molecule has 6 heteroatoms. The van der Waals surface area contributed by atoms with Crippen molar-refractivity contribution < 1.29 is 0 Å². The van der Waals surface area contributed by atoms with Gasteiger partial charge in [-0.05, 0) is 5.21 Å². The van der Waals surface area contributed by atoms with Gasteiger partial charge >= 0.3 is 0 Å². The number of nitrogens with zero attached hydrogens (tertiary/aromatic N) is 5. The zero-order chi connectivity index (χ0) is 7.52. The van der Waals surface area contributed by atoms with Crippen LogP contribution in [0.4, 0.5) is 0 Å². The molecule has 5 nitrogen and oxygen atoms in total. The van der Waals surface area contributed by atoms with Crippen molar-refractivity contribution in [1.29, 1.82) is 0 Å². The maximum Gasteiger partial charge on any atom is 0.162 e.